The van der Waals surface area contributed by atoms with E-state index in [9.17, 15) is 22.0 Å². The first-order valence-electron chi connectivity index (χ1n) is 8.78. The second-order valence-corrected chi connectivity index (χ2v) is 7.78. The van der Waals surface area contributed by atoms with Crippen LogP contribution in [0.2, 0.25) is 0 Å². The smallest absolute Gasteiger partial charge is 0.457 e. The van der Waals surface area contributed by atoms with Gasteiger partial charge < -0.3 is 14.0 Å². The number of hydrogen-bond donors (Lipinski definition) is 0. The first kappa shape index (κ1) is 21.5. The Morgan fingerprint density at radius 3 is 2.14 bits per heavy atom. The molecule has 0 bridgehead atoms. The fourth-order valence-electron chi connectivity index (χ4n) is 2.70. The van der Waals surface area contributed by atoms with Crippen LogP contribution in [0, 0.1) is 18.6 Å². The van der Waals surface area contributed by atoms with E-state index in [1.807, 2.05) is 0 Å². The number of halogens is 5. The maximum Gasteiger partial charge on any atom is 0.500 e. The van der Waals surface area contributed by atoms with Gasteiger partial charge in [-0.15, -0.1) is 0 Å². The molecular formula is C19H19BF5NO3. The molecule has 156 valence electrons. The molecule has 0 aliphatic carbocycles. The van der Waals surface area contributed by atoms with Crippen LogP contribution in [0.4, 0.5) is 22.0 Å². The Balaban J connectivity index is 2.08. The molecular weight excluding hydrogens is 396 g/mol. The molecule has 10 heteroatoms. The number of nitrogens with zero attached hydrogens (tertiary/aromatic N) is 1. The van der Waals surface area contributed by atoms with E-state index in [-0.39, 0.29) is 22.5 Å². The summed E-state index contributed by atoms with van der Waals surface area (Å²) in [5.41, 5.74) is -2.80. The molecule has 0 spiro atoms. The van der Waals surface area contributed by atoms with Gasteiger partial charge in [0.2, 0.25) is 0 Å². The predicted molar refractivity (Wildman–Crippen MR) is 96.1 cm³/mol. The molecule has 0 N–H and O–H groups in total. The topological polar surface area (TPSA) is 40.6 Å². The summed E-state index contributed by atoms with van der Waals surface area (Å²) >= 11 is 0. The normalized spacial score (nSPS) is 18.2. The van der Waals surface area contributed by atoms with Crippen molar-refractivity contribution in [3.8, 4) is 11.5 Å². The van der Waals surface area contributed by atoms with Gasteiger partial charge in [0.1, 0.15) is 17.2 Å². The van der Waals surface area contributed by atoms with Crippen molar-refractivity contribution >= 4 is 12.6 Å². The maximum absolute atomic E-state index is 13.9. The standard InChI is InChI=1S/C19H19BF5NO3/c1-10-13(7-6-12(21)16(10)22)27-14-8-15(19(23,24)25)26-9-11(14)20-28-17(2,3)18(4,5)29-20/h6-9H,1-5H3. The Kier molecular flexibility index (Phi) is 5.15. The van der Waals surface area contributed by atoms with Gasteiger partial charge in [-0.25, -0.2) is 8.78 Å². The van der Waals surface area contributed by atoms with Crippen LogP contribution in [-0.2, 0) is 15.5 Å². The average molecular weight is 415 g/mol. The lowest BCUT2D eigenvalue weighted by molar-refractivity contribution is -0.141. The van der Waals surface area contributed by atoms with Gasteiger partial charge >= 0.3 is 13.3 Å². The SMILES string of the molecule is Cc1c(Oc2cc(C(F)(F)F)ncc2B2OC(C)(C)C(C)(C)O2)ccc(F)c1F. The monoisotopic (exact) mass is 415 g/mol. The quantitative estimate of drug-likeness (QED) is 0.535. The molecule has 1 aromatic carbocycles. The summed E-state index contributed by atoms with van der Waals surface area (Å²) in [6.45, 7) is 8.39. The maximum atomic E-state index is 13.9. The number of rotatable bonds is 3. The van der Waals surface area contributed by atoms with Gasteiger partial charge in [-0.2, -0.15) is 13.2 Å². The molecule has 3 rings (SSSR count). The van der Waals surface area contributed by atoms with Crippen molar-refractivity contribution in [2.24, 2.45) is 0 Å². The highest BCUT2D eigenvalue weighted by molar-refractivity contribution is 6.63. The minimum absolute atomic E-state index is 0.0979. The highest BCUT2D eigenvalue weighted by atomic mass is 19.4. The summed E-state index contributed by atoms with van der Waals surface area (Å²) in [5.74, 6) is -2.66. The highest BCUT2D eigenvalue weighted by Crippen LogP contribution is 2.38. The third-order valence-corrected chi connectivity index (χ3v) is 5.20. The van der Waals surface area contributed by atoms with E-state index in [1.165, 1.54) is 6.92 Å². The molecule has 1 aliphatic rings. The third-order valence-electron chi connectivity index (χ3n) is 5.20. The number of pyridine rings is 1. The number of alkyl halides is 3. The fraction of sp³-hybridized carbons (Fsp3) is 0.421. The van der Waals surface area contributed by atoms with Crippen LogP contribution >= 0.6 is 0 Å². The van der Waals surface area contributed by atoms with Crippen molar-refractivity contribution in [3.05, 3.63) is 47.3 Å². The molecule has 0 unspecified atom stereocenters. The molecule has 0 amide bonds. The fourth-order valence-corrected chi connectivity index (χ4v) is 2.70. The zero-order chi connectivity index (χ0) is 21.8. The third kappa shape index (κ3) is 3.96. The Hall–Kier alpha value is -2.20. The van der Waals surface area contributed by atoms with Crippen molar-refractivity contribution in [2.45, 2.75) is 52.0 Å². The van der Waals surface area contributed by atoms with Gasteiger partial charge in [0.15, 0.2) is 11.6 Å². The lowest BCUT2D eigenvalue weighted by Crippen LogP contribution is -2.41. The summed E-state index contributed by atoms with van der Waals surface area (Å²) in [6, 6.07) is 2.65. The second kappa shape index (κ2) is 6.95. The minimum Gasteiger partial charge on any atom is -0.457 e. The van der Waals surface area contributed by atoms with Crippen molar-refractivity contribution in [3.63, 3.8) is 0 Å². The molecule has 2 aromatic rings. The summed E-state index contributed by atoms with van der Waals surface area (Å²) < 4.78 is 84.1. The molecule has 1 aliphatic heterocycles. The molecule has 1 saturated heterocycles. The molecule has 0 radical (unpaired) electrons. The molecule has 29 heavy (non-hydrogen) atoms. The van der Waals surface area contributed by atoms with Gasteiger partial charge in [-0.1, -0.05) is 0 Å². The molecule has 1 aromatic heterocycles. The predicted octanol–water partition coefficient (Wildman–Crippen LogP) is 4.78. The van der Waals surface area contributed by atoms with Gasteiger partial charge in [0.05, 0.1) is 11.2 Å². The van der Waals surface area contributed by atoms with Crippen LogP contribution in [0.1, 0.15) is 39.0 Å². The number of hydrogen-bond acceptors (Lipinski definition) is 4. The Labute approximate surface area is 165 Å². The Bertz CT molecular complexity index is 930. The molecule has 0 atom stereocenters. The second-order valence-electron chi connectivity index (χ2n) is 7.78. The first-order valence-corrected chi connectivity index (χ1v) is 8.78. The van der Waals surface area contributed by atoms with Crippen LogP contribution in [0.15, 0.2) is 24.4 Å². The molecule has 0 saturated carbocycles. The van der Waals surface area contributed by atoms with Crippen LogP contribution < -0.4 is 10.2 Å². The van der Waals surface area contributed by atoms with E-state index in [0.717, 1.165) is 18.3 Å². The summed E-state index contributed by atoms with van der Waals surface area (Å²) in [4.78, 5) is 3.45. The van der Waals surface area contributed by atoms with E-state index in [1.54, 1.807) is 27.7 Å². The van der Waals surface area contributed by atoms with Crippen molar-refractivity contribution in [1.82, 2.24) is 4.98 Å². The average Bonchev–Trinajstić information content (AvgIpc) is 2.82. The zero-order valence-corrected chi connectivity index (χ0v) is 16.4. The van der Waals surface area contributed by atoms with Gasteiger partial charge in [0, 0.05) is 23.3 Å². The largest absolute Gasteiger partial charge is 0.500 e. The summed E-state index contributed by atoms with van der Waals surface area (Å²) in [6.07, 6.45) is -3.77. The van der Waals surface area contributed by atoms with E-state index >= 15 is 0 Å². The zero-order valence-electron chi connectivity index (χ0n) is 16.4. The van der Waals surface area contributed by atoms with Gasteiger partial charge in [-0.3, -0.25) is 4.98 Å². The molecule has 4 nitrogen and oxygen atoms in total. The number of ether oxygens (including phenoxy) is 1. The van der Waals surface area contributed by atoms with Crippen molar-refractivity contribution in [2.75, 3.05) is 0 Å². The Morgan fingerprint density at radius 1 is 1.00 bits per heavy atom. The van der Waals surface area contributed by atoms with Gasteiger partial charge in [0.25, 0.3) is 0 Å². The van der Waals surface area contributed by atoms with E-state index < -0.39 is 41.8 Å². The Morgan fingerprint density at radius 2 is 1.59 bits per heavy atom. The molecule has 2 heterocycles. The lowest BCUT2D eigenvalue weighted by Gasteiger charge is -2.32. The van der Waals surface area contributed by atoms with Crippen LogP contribution in [0.3, 0.4) is 0 Å². The summed E-state index contributed by atoms with van der Waals surface area (Å²) in [5, 5.41) is 0. The van der Waals surface area contributed by atoms with Crippen LogP contribution in [0.25, 0.3) is 0 Å². The van der Waals surface area contributed by atoms with Gasteiger partial charge in [-0.05, 0) is 46.8 Å². The number of aromatic nitrogens is 1. The highest BCUT2D eigenvalue weighted by Gasteiger charge is 2.53. The lowest BCUT2D eigenvalue weighted by atomic mass is 9.79. The van der Waals surface area contributed by atoms with E-state index in [4.69, 9.17) is 14.0 Å². The van der Waals surface area contributed by atoms with Crippen LogP contribution in [0.5, 0.6) is 11.5 Å². The van der Waals surface area contributed by atoms with Crippen molar-refractivity contribution < 1.29 is 36.0 Å². The van der Waals surface area contributed by atoms with Crippen molar-refractivity contribution in [1.29, 1.82) is 0 Å². The first-order chi connectivity index (χ1) is 13.2. The van der Waals surface area contributed by atoms with E-state index in [2.05, 4.69) is 4.98 Å². The number of benzene rings is 1. The van der Waals surface area contributed by atoms with E-state index in [0.29, 0.717) is 6.07 Å². The molecule has 1 fully saturated rings. The summed E-state index contributed by atoms with van der Waals surface area (Å²) in [7, 11) is -1.06. The minimum atomic E-state index is -4.73. The van der Waals surface area contributed by atoms with Crippen LogP contribution in [-0.4, -0.2) is 23.3 Å².